The molecule has 0 saturated carbocycles. The Hall–Kier alpha value is -2.02. The van der Waals surface area contributed by atoms with E-state index in [4.69, 9.17) is 21.7 Å². The van der Waals surface area contributed by atoms with Crippen LogP contribution in [0.3, 0.4) is 0 Å². The summed E-state index contributed by atoms with van der Waals surface area (Å²) in [5.74, 6) is 1.21. The van der Waals surface area contributed by atoms with Gasteiger partial charge in [0.05, 0.1) is 14.2 Å². The number of thiocarbonyl (C=S) groups is 1. The summed E-state index contributed by atoms with van der Waals surface area (Å²) in [6.07, 6.45) is 0.489. The van der Waals surface area contributed by atoms with Gasteiger partial charge in [-0.25, -0.2) is 0 Å². The summed E-state index contributed by atoms with van der Waals surface area (Å²) in [6.45, 7) is 0. The van der Waals surface area contributed by atoms with E-state index < -0.39 is 0 Å². The average molecular weight is 255 g/mol. The first-order valence-electron chi connectivity index (χ1n) is 4.69. The number of benzene rings is 1. The van der Waals surface area contributed by atoms with E-state index in [0.717, 1.165) is 0 Å². The van der Waals surface area contributed by atoms with Crippen molar-refractivity contribution in [2.24, 2.45) is 0 Å². The molecule has 7 heteroatoms. The maximum absolute atomic E-state index is 10.0. The quantitative estimate of drug-likeness (QED) is 0.408. The van der Waals surface area contributed by atoms with Gasteiger partial charge in [0.2, 0.25) is 6.41 Å². The van der Waals surface area contributed by atoms with Crippen LogP contribution in [0, 0.1) is 0 Å². The molecule has 0 unspecified atom stereocenters. The minimum absolute atomic E-state index is 0.268. The van der Waals surface area contributed by atoms with Crippen molar-refractivity contribution in [1.82, 2.24) is 10.9 Å². The lowest BCUT2D eigenvalue weighted by molar-refractivity contribution is -0.110. The van der Waals surface area contributed by atoms with Crippen molar-refractivity contribution in [2.45, 2.75) is 0 Å². The molecule has 0 aliphatic carbocycles. The maximum Gasteiger partial charge on any atom is 0.225 e. The van der Waals surface area contributed by atoms with Gasteiger partial charge >= 0.3 is 0 Å². The Morgan fingerprint density at radius 3 is 2.59 bits per heavy atom. The molecule has 6 nitrogen and oxygen atoms in total. The molecular formula is C10H13N3O3S. The fourth-order valence-corrected chi connectivity index (χ4v) is 1.35. The van der Waals surface area contributed by atoms with Crippen LogP contribution in [-0.2, 0) is 4.79 Å². The number of carbonyl (C=O) groups excluding carboxylic acids is 1. The highest BCUT2D eigenvalue weighted by molar-refractivity contribution is 7.80. The van der Waals surface area contributed by atoms with E-state index in [1.807, 2.05) is 0 Å². The molecule has 92 valence electrons. The lowest BCUT2D eigenvalue weighted by Crippen LogP contribution is -2.39. The second-order valence-electron chi connectivity index (χ2n) is 2.91. The fraction of sp³-hybridized carbons (Fsp3) is 0.200. The van der Waals surface area contributed by atoms with Crippen molar-refractivity contribution in [3.8, 4) is 11.5 Å². The van der Waals surface area contributed by atoms with Crippen LogP contribution in [0.5, 0.6) is 11.5 Å². The minimum atomic E-state index is 0.268. The summed E-state index contributed by atoms with van der Waals surface area (Å²) >= 11 is 4.93. The molecule has 1 rings (SSSR count). The summed E-state index contributed by atoms with van der Waals surface area (Å²) in [7, 11) is 3.11. The molecule has 0 aromatic heterocycles. The third-order valence-corrected chi connectivity index (χ3v) is 2.09. The maximum atomic E-state index is 10.0. The Morgan fingerprint density at radius 2 is 2.00 bits per heavy atom. The van der Waals surface area contributed by atoms with E-state index >= 15 is 0 Å². The number of amides is 1. The fourth-order valence-electron chi connectivity index (χ4n) is 1.17. The molecule has 1 amide bonds. The second kappa shape index (κ2) is 6.54. The van der Waals surface area contributed by atoms with Crippen molar-refractivity contribution in [3.63, 3.8) is 0 Å². The number of methoxy groups -OCH3 is 2. The van der Waals surface area contributed by atoms with Crippen molar-refractivity contribution < 1.29 is 14.3 Å². The summed E-state index contributed by atoms with van der Waals surface area (Å²) in [5, 5.41) is 3.13. The van der Waals surface area contributed by atoms with Crippen LogP contribution < -0.4 is 25.6 Å². The van der Waals surface area contributed by atoms with E-state index in [1.54, 1.807) is 32.4 Å². The number of rotatable bonds is 5. The first kappa shape index (κ1) is 13.0. The Bertz CT molecular complexity index is 412. The van der Waals surface area contributed by atoms with Gasteiger partial charge in [-0.05, 0) is 24.4 Å². The zero-order valence-corrected chi connectivity index (χ0v) is 10.3. The molecule has 1 aromatic rings. The molecule has 0 aliphatic rings. The molecule has 0 radical (unpaired) electrons. The number of carbonyl (C=O) groups is 1. The predicted octanol–water partition coefficient (Wildman–Crippen LogP) is 0.651. The Kier molecular flexibility index (Phi) is 5.02. The van der Waals surface area contributed by atoms with Crippen LogP contribution in [0.25, 0.3) is 0 Å². The number of hydrogen-bond acceptors (Lipinski definition) is 4. The molecule has 0 atom stereocenters. The van der Waals surface area contributed by atoms with Gasteiger partial charge in [-0.3, -0.25) is 15.6 Å². The molecule has 0 aliphatic heterocycles. The highest BCUT2D eigenvalue weighted by Crippen LogP contribution is 2.29. The first-order valence-corrected chi connectivity index (χ1v) is 5.10. The summed E-state index contributed by atoms with van der Waals surface area (Å²) in [5.41, 5.74) is 5.42. The van der Waals surface area contributed by atoms with Crippen LogP contribution in [-0.4, -0.2) is 25.7 Å². The van der Waals surface area contributed by atoms with Gasteiger partial charge in [0.1, 0.15) is 0 Å². The van der Waals surface area contributed by atoms with Gasteiger partial charge in [-0.2, -0.15) is 0 Å². The summed E-state index contributed by atoms with van der Waals surface area (Å²) in [6, 6.07) is 5.25. The molecule has 17 heavy (non-hydrogen) atoms. The Morgan fingerprint density at radius 1 is 1.29 bits per heavy atom. The second-order valence-corrected chi connectivity index (χ2v) is 3.32. The average Bonchev–Trinajstić information content (AvgIpc) is 2.36. The molecule has 0 fully saturated rings. The number of hydrogen-bond donors (Lipinski definition) is 3. The largest absolute Gasteiger partial charge is 0.493 e. The third-order valence-electron chi connectivity index (χ3n) is 1.89. The van der Waals surface area contributed by atoms with Gasteiger partial charge in [0.25, 0.3) is 0 Å². The highest BCUT2D eigenvalue weighted by Gasteiger charge is 2.05. The van der Waals surface area contributed by atoms with Crippen LogP contribution >= 0.6 is 12.2 Å². The Balaban J connectivity index is 2.71. The van der Waals surface area contributed by atoms with Crippen LogP contribution in [0.1, 0.15) is 0 Å². The lowest BCUT2D eigenvalue weighted by Gasteiger charge is -2.12. The van der Waals surface area contributed by atoms with Crippen molar-refractivity contribution >= 4 is 29.4 Å². The third kappa shape index (κ3) is 3.80. The first-order chi connectivity index (χ1) is 8.21. The van der Waals surface area contributed by atoms with Gasteiger partial charge < -0.3 is 14.8 Å². The van der Waals surface area contributed by atoms with Crippen molar-refractivity contribution in [1.29, 1.82) is 0 Å². The number of ether oxygens (including phenoxy) is 2. The van der Waals surface area contributed by atoms with E-state index in [9.17, 15) is 4.79 Å². The summed E-state index contributed by atoms with van der Waals surface area (Å²) < 4.78 is 10.2. The number of hydrazine groups is 1. The highest BCUT2D eigenvalue weighted by atomic mass is 32.1. The van der Waals surface area contributed by atoms with E-state index in [-0.39, 0.29) is 5.11 Å². The molecule has 0 spiro atoms. The number of anilines is 1. The standard InChI is InChI=1S/C10H13N3O3S/c1-15-8-4-3-7(5-9(8)16-2)12-10(17)13-11-6-14/h3-6H,1-2H3,(H,11,14)(H2,12,13,17). The SMILES string of the molecule is COc1ccc(NC(=S)NNC=O)cc1OC. The van der Waals surface area contributed by atoms with Gasteiger partial charge in [-0.1, -0.05) is 0 Å². The number of nitrogens with one attached hydrogen (secondary N) is 3. The summed E-state index contributed by atoms with van der Waals surface area (Å²) in [4.78, 5) is 10.0. The molecule has 0 bridgehead atoms. The lowest BCUT2D eigenvalue weighted by atomic mass is 10.3. The smallest absolute Gasteiger partial charge is 0.225 e. The van der Waals surface area contributed by atoms with Crippen LogP contribution in [0.2, 0.25) is 0 Å². The zero-order valence-electron chi connectivity index (χ0n) is 9.44. The topological polar surface area (TPSA) is 71.6 Å². The normalized spacial score (nSPS) is 9.06. The van der Waals surface area contributed by atoms with E-state index in [0.29, 0.717) is 23.6 Å². The molecular weight excluding hydrogens is 242 g/mol. The van der Waals surface area contributed by atoms with E-state index in [2.05, 4.69) is 16.2 Å². The van der Waals surface area contributed by atoms with E-state index in [1.165, 1.54) is 0 Å². The van der Waals surface area contributed by atoms with Gasteiger partial charge in [0.15, 0.2) is 16.6 Å². The molecule has 0 saturated heterocycles. The Labute approximate surface area is 104 Å². The van der Waals surface area contributed by atoms with Crippen molar-refractivity contribution in [3.05, 3.63) is 18.2 Å². The van der Waals surface area contributed by atoms with Gasteiger partial charge in [-0.15, -0.1) is 0 Å². The van der Waals surface area contributed by atoms with Crippen LogP contribution in [0.4, 0.5) is 5.69 Å². The van der Waals surface area contributed by atoms with Gasteiger partial charge in [0, 0.05) is 11.8 Å². The monoisotopic (exact) mass is 255 g/mol. The molecule has 1 aromatic carbocycles. The van der Waals surface area contributed by atoms with Crippen molar-refractivity contribution in [2.75, 3.05) is 19.5 Å². The zero-order chi connectivity index (χ0) is 12.7. The minimum Gasteiger partial charge on any atom is -0.493 e. The predicted molar refractivity (Wildman–Crippen MR) is 68.1 cm³/mol. The molecule has 0 heterocycles. The molecule has 3 N–H and O–H groups in total. The van der Waals surface area contributed by atoms with Crippen LogP contribution in [0.15, 0.2) is 18.2 Å².